The lowest BCUT2D eigenvalue weighted by Crippen LogP contribution is -2.38. The van der Waals surface area contributed by atoms with Crippen molar-refractivity contribution in [3.8, 4) is 0 Å². The molecule has 0 bridgehead atoms. The number of amides is 2. The van der Waals surface area contributed by atoms with Crippen molar-refractivity contribution < 1.29 is 14.4 Å². The number of hydrogen-bond donors (Lipinski definition) is 1. The van der Waals surface area contributed by atoms with Crippen LogP contribution < -0.4 is 10.2 Å². The van der Waals surface area contributed by atoms with Gasteiger partial charge in [-0.05, 0) is 36.8 Å². The van der Waals surface area contributed by atoms with Crippen LogP contribution in [0.3, 0.4) is 0 Å². The molecule has 2 amide bonds. The van der Waals surface area contributed by atoms with Crippen molar-refractivity contribution in [2.75, 3.05) is 18.0 Å². The number of Topliss-reactive ketones (excluding diaryl/α,β-unsaturated/α-hetero) is 1. The molecule has 0 aliphatic rings. The van der Waals surface area contributed by atoms with Gasteiger partial charge in [-0.1, -0.05) is 35.9 Å². The highest BCUT2D eigenvalue weighted by atomic mass is 35.5. The summed E-state index contributed by atoms with van der Waals surface area (Å²) in [6.45, 7) is 3.57. The number of nitrogens with zero attached hydrogens (tertiary/aromatic N) is 1. The third kappa shape index (κ3) is 5.70. The summed E-state index contributed by atoms with van der Waals surface area (Å²) < 4.78 is 0. The zero-order valence-corrected chi connectivity index (χ0v) is 15.5. The number of ketones is 1. The largest absolute Gasteiger partial charge is 0.354 e. The Balaban J connectivity index is 1.93. The molecule has 6 heteroatoms. The van der Waals surface area contributed by atoms with Gasteiger partial charge in [0.25, 0.3) is 0 Å². The Kier molecular flexibility index (Phi) is 6.92. The van der Waals surface area contributed by atoms with Gasteiger partial charge in [0.05, 0.1) is 6.42 Å². The molecule has 2 rings (SSSR count). The zero-order chi connectivity index (χ0) is 19.1. The number of carbonyl (C=O) groups is 3. The van der Waals surface area contributed by atoms with Crippen molar-refractivity contribution in [1.82, 2.24) is 5.32 Å². The van der Waals surface area contributed by atoms with Gasteiger partial charge in [0, 0.05) is 36.3 Å². The van der Waals surface area contributed by atoms with E-state index in [0.717, 1.165) is 5.56 Å². The van der Waals surface area contributed by atoms with E-state index in [4.69, 9.17) is 11.6 Å². The van der Waals surface area contributed by atoms with Crippen LogP contribution in [0.4, 0.5) is 5.69 Å². The molecule has 0 saturated carbocycles. The summed E-state index contributed by atoms with van der Waals surface area (Å²) in [5.41, 5.74) is 2.04. The van der Waals surface area contributed by atoms with E-state index in [1.807, 2.05) is 0 Å². The Morgan fingerprint density at radius 2 is 1.73 bits per heavy atom. The summed E-state index contributed by atoms with van der Waals surface area (Å²) in [5, 5.41) is 3.43. The van der Waals surface area contributed by atoms with Gasteiger partial charge < -0.3 is 10.2 Å². The molecule has 0 atom stereocenters. The van der Waals surface area contributed by atoms with Gasteiger partial charge in [-0.15, -0.1) is 0 Å². The maximum Gasteiger partial charge on any atom is 0.224 e. The highest BCUT2D eigenvalue weighted by Gasteiger charge is 2.13. The van der Waals surface area contributed by atoms with Crippen LogP contribution in [-0.2, 0) is 16.0 Å². The van der Waals surface area contributed by atoms with E-state index in [0.29, 0.717) is 29.4 Å². The molecule has 0 aromatic heterocycles. The number of halogens is 1. The van der Waals surface area contributed by atoms with Crippen LogP contribution in [0.2, 0.25) is 5.02 Å². The first-order valence-corrected chi connectivity index (χ1v) is 8.65. The number of carbonyl (C=O) groups excluding carboxylic acids is 3. The SMILES string of the molecule is CC(=O)c1cccc(N(CCNC(=O)Cc2ccc(Cl)cc2)C(C)=O)c1. The molecule has 0 saturated heterocycles. The molecule has 0 fully saturated rings. The average Bonchev–Trinajstić information content (AvgIpc) is 2.60. The molecule has 5 nitrogen and oxygen atoms in total. The molecule has 0 unspecified atom stereocenters. The summed E-state index contributed by atoms with van der Waals surface area (Å²) >= 11 is 5.83. The van der Waals surface area contributed by atoms with Crippen LogP contribution in [0.5, 0.6) is 0 Å². The molecule has 1 N–H and O–H groups in total. The predicted molar refractivity (Wildman–Crippen MR) is 103 cm³/mol. The van der Waals surface area contributed by atoms with Crippen molar-refractivity contribution in [2.24, 2.45) is 0 Å². The molecule has 0 heterocycles. The fraction of sp³-hybridized carbons (Fsp3) is 0.250. The Labute approximate surface area is 158 Å². The van der Waals surface area contributed by atoms with Gasteiger partial charge >= 0.3 is 0 Å². The molecule has 0 aliphatic heterocycles. The number of nitrogens with one attached hydrogen (secondary N) is 1. The van der Waals surface area contributed by atoms with E-state index in [-0.39, 0.29) is 24.0 Å². The summed E-state index contributed by atoms with van der Waals surface area (Å²) in [6, 6.07) is 14.0. The van der Waals surface area contributed by atoms with Crippen molar-refractivity contribution >= 4 is 34.9 Å². The third-order valence-electron chi connectivity index (χ3n) is 3.88. The van der Waals surface area contributed by atoms with E-state index in [1.165, 1.54) is 18.7 Å². The van der Waals surface area contributed by atoms with Crippen LogP contribution >= 0.6 is 11.6 Å². The summed E-state index contributed by atoms with van der Waals surface area (Å²) in [4.78, 5) is 37.0. The van der Waals surface area contributed by atoms with Gasteiger partial charge in [-0.3, -0.25) is 14.4 Å². The Morgan fingerprint density at radius 3 is 2.35 bits per heavy atom. The Hall–Kier alpha value is -2.66. The molecule has 0 aliphatic carbocycles. The van der Waals surface area contributed by atoms with Crippen molar-refractivity contribution in [2.45, 2.75) is 20.3 Å². The van der Waals surface area contributed by atoms with Crippen LogP contribution in [0.15, 0.2) is 48.5 Å². The molecule has 0 radical (unpaired) electrons. The van der Waals surface area contributed by atoms with Gasteiger partial charge in [-0.25, -0.2) is 0 Å². The second kappa shape index (κ2) is 9.15. The van der Waals surface area contributed by atoms with Crippen LogP contribution in [-0.4, -0.2) is 30.7 Å². The van der Waals surface area contributed by atoms with E-state index < -0.39 is 0 Å². The molecule has 26 heavy (non-hydrogen) atoms. The number of rotatable bonds is 7. The topological polar surface area (TPSA) is 66.5 Å². The Morgan fingerprint density at radius 1 is 1.04 bits per heavy atom. The standard InChI is InChI=1S/C20H21ClN2O3/c1-14(24)17-4-3-5-19(13-17)23(15(2)25)11-10-22-20(26)12-16-6-8-18(21)9-7-16/h3-9,13H,10-12H2,1-2H3,(H,22,26). The highest BCUT2D eigenvalue weighted by Crippen LogP contribution is 2.17. The van der Waals surface area contributed by atoms with Gasteiger partial charge in [0.1, 0.15) is 0 Å². The smallest absolute Gasteiger partial charge is 0.224 e. The van der Waals surface area contributed by atoms with Crippen molar-refractivity contribution in [3.05, 3.63) is 64.7 Å². The maximum atomic E-state index is 12.0. The number of benzene rings is 2. The number of anilines is 1. The second-order valence-corrected chi connectivity index (χ2v) is 6.37. The molecule has 2 aromatic carbocycles. The summed E-state index contributed by atoms with van der Waals surface area (Å²) in [5.74, 6) is -0.349. The van der Waals surface area contributed by atoms with Gasteiger partial charge in [-0.2, -0.15) is 0 Å². The zero-order valence-electron chi connectivity index (χ0n) is 14.8. The minimum absolute atomic E-state index is 0.0633. The van der Waals surface area contributed by atoms with Crippen LogP contribution in [0, 0.1) is 0 Å². The average molecular weight is 373 g/mol. The minimum Gasteiger partial charge on any atom is -0.354 e. The monoisotopic (exact) mass is 372 g/mol. The fourth-order valence-electron chi connectivity index (χ4n) is 2.52. The van der Waals surface area contributed by atoms with Crippen LogP contribution in [0.25, 0.3) is 0 Å². The minimum atomic E-state index is -0.155. The van der Waals surface area contributed by atoms with E-state index >= 15 is 0 Å². The summed E-state index contributed by atoms with van der Waals surface area (Å²) in [7, 11) is 0. The van der Waals surface area contributed by atoms with E-state index in [1.54, 1.807) is 48.5 Å². The first-order chi connectivity index (χ1) is 12.4. The third-order valence-corrected chi connectivity index (χ3v) is 4.13. The molecular formula is C20H21ClN2O3. The van der Waals surface area contributed by atoms with E-state index in [9.17, 15) is 14.4 Å². The lowest BCUT2D eigenvalue weighted by Gasteiger charge is -2.22. The van der Waals surface area contributed by atoms with Gasteiger partial charge in [0.2, 0.25) is 11.8 Å². The first-order valence-electron chi connectivity index (χ1n) is 8.27. The molecule has 136 valence electrons. The number of hydrogen-bond acceptors (Lipinski definition) is 3. The Bertz CT molecular complexity index is 803. The first kappa shape index (κ1) is 19.7. The molecular weight excluding hydrogens is 352 g/mol. The van der Waals surface area contributed by atoms with Crippen molar-refractivity contribution in [3.63, 3.8) is 0 Å². The lowest BCUT2D eigenvalue weighted by molar-refractivity contribution is -0.121. The normalized spacial score (nSPS) is 10.3. The summed E-state index contributed by atoms with van der Waals surface area (Å²) in [6.07, 6.45) is 0.247. The quantitative estimate of drug-likeness (QED) is 0.758. The second-order valence-electron chi connectivity index (χ2n) is 5.93. The predicted octanol–water partition coefficient (Wildman–Crippen LogP) is 3.25. The fourth-order valence-corrected chi connectivity index (χ4v) is 2.64. The maximum absolute atomic E-state index is 12.0. The molecule has 0 spiro atoms. The van der Waals surface area contributed by atoms with Gasteiger partial charge in [0.15, 0.2) is 5.78 Å². The highest BCUT2D eigenvalue weighted by molar-refractivity contribution is 6.30. The van der Waals surface area contributed by atoms with Crippen LogP contribution in [0.1, 0.15) is 29.8 Å². The van der Waals surface area contributed by atoms with E-state index in [2.05, 4.69) is 5.32 Å². The van der Waals surface area contributed by atoms with Crippen molar-refractivity contribution in [1.29, 1.82) is 0 Å². The lowest BCUT2D eigenvalue weighted by atomic mass is 10.1. The molecule has 2 aromatic rings.